The van der Waals surface area contributed by atoms with Crippen LogP contribution in [0.1, 0.15) is 29.1 Å². The van der Waals surface area contributed by atoms with E-state index in [-0.39, 0.29) is 11.6 Å². The molecule has 0 aliphatic rings. The van der Waals surface area contributed by atoms with Crippen LogP contribution in [0.5, 0.6) is 0 Å². The maximum Gasteiger partial charge on any atom is 0.356 e. The van der Waals surface area contributed by atoms with Gasteiger partial charge in [0.15, 0.2) is 5.69 Å². The summed E-state index contributed by atoms with van der Waals surface area (Å²) in [7, 11) is 1.76. The average Bonchev–Trinajstić information content (AvgIpc) is 2.96. The fourth-order valence-electron chi connectivity index (χ4n) is 1.75. The van der Waals surface area contributed by atoms with Gasteiger partial charge in [-0.2, -0.15) is 10.2 Å². The van der Waals surface area contributed by atoms with E-state index in [2.05, 4.69) is 15.5 Å². The van der Waals surface area contributed by atoms with Crippen molar-refractivity contribution < 1.29 is 14.7 Å². The van der Waals surface area contributed by atoms with Gasteiger partial charge < -0.3 is 10.4 Å². The van der Waals surface area contributed by atoms with E-state index in [0.717, 1.165) is 0 Å². The monoisotopic (exact) mass is 277 g/mol. The molecule has 20 heavy (non-hydrogen) atoms. The Morgan fingerprint density at radius 1 is 1.40 bits per heavy atom. The molecule has 0 aromatic carbocycles. The molecule has 0 aliphatic heterocycles. The van der Waals surface area contributed by atoms with E-state index in [4.69, 9.17) is 5.11 Å². The molecule has 0 saturated heterocycles. The summed E-state index contributed by atoms with van der Waals surface area (Å²) in [6, 6.07) is 0.726. The van der Waals surface area contributed by atoms with Crippen molar-refractivity contribution in [3.63, 3.8) is 0 Å². The number of hydrogen-bond donors (Lipinski definition) is 2. The van der Waals surface area contributed by atoms with Crippen molar-refractivity contribution in [3.05, 3.63) is 29.8 Å². The van der Waals surface area contributed by atoms with E-state index in [1.165, 1.54) is 16.9 Å². The molecule has 106 valence electrons. The number of aromatic carboxylic acids is 1. The number of aryl methyl sites for hydroxylation is 2. The first-order valence-corrected chi connectivity index (χ1v) is 5.98. The SMILES string of the molecule is Cc1nn(C)cc1NC(=O)C(C)n1ccc(C(=O)O)n1. The summed E-state index contributed by atoms with van der Waals surface area (Å²) in [6.07, 6.45) is 3.16. The van der Waals surface area contributed by atoms with Crippen LogP contribution in [0.15, 0.2) is 18.5 Å². The minimum atomic E-state index is -1.13. The molecule has 0 aliphatic carbocycles. The summed E-state index contributed by atoms with van der Waals surface area (Å²) in [5.74, 6) is -1.42. The second kappa shape index (κ2) is 5.16. The Balaban J connectivity index is 2.12. The normalized spacial score (nSPS) is 12.2. The van der Waals surface area contributed by atoms with Gasteiger partial charge in [-0.25, -0.2) is 4.79 Å². The number of hydrogen-bond acceptors (Lipinski definition) is 4. The maximum absolute atomic E-state index is 12.1. The Hall–Kier alpha value is -2.64. The van der Waals surface area contributed by atoms with Gasteiger partial charge in [-0.1, -0.05) is 0 Å². The van der Waals surface area contributed by atoms with Gasteiger partial charge in [-0.3, -0.25) is 14.2 Å². The van der Waals surface area contributed by atoms with E-state index in [9.17, 15) is 9.59 Å². The van der Waals surface area contributed by atoms with Gasteiger partial charge in [-0.15, -0.1) is 0 Å². The summed E-state index contributed by atoms with van der Waals surface area (Å²) >= 11 is 0. The molecule has 0 bridgehead atoms. The number of anilines is 1. The highest BCUT2D eigenvalue weighted by atomic mass is 16.4. The lowest BCUT2D eigenvalue weighted by atomic mass is 10.3. The van der Waals surface area contributed by atoms with Crippen LogP contribution in [0.2, 0.25) is 0 Å². The van der Waals surface area contributed by atoms with Crippen LogP contribution >= 0.6 is 0 Å². The molecule has 2 heterocycles. The molecule has 2 rings (SSSR count). The third kappa shape index (κ3) is 2.68. The summed E-state index contributed by atoms with van der Waals surface area (Å²) in [5.41, 5.74) is 1.23. The number of nitrogens with one attached hydrogen (secondary N) is 1. The molecule has 0 spiro atoms. The first-order chi connectivity index (χ1) is 9.38. The smallest absolute Gasteiger partial charge is 0.356 e. The first-order valence-electron chi connectivity index (χ1n) is 5.98. The zero-order valence-corrected chi connectivity index (χ0v) is 11.4. The Kier molecular flexibility index (Phi) is 3.55. The molecule has 1 amide bonds. The molecule has 0 saturated carbocycles. The lowest BCUT2D eigenvalue weighted by Crippen LogP contribution is -2.24. The quantitative estimate of drug-likeness (QED) is 0.861. The van der Waals surface area contributed by atoms with Crippen LogP contribution in [-0.4, -0.2) is 36.5 Å². The highest BCUT2D eigenvalue weighted by molar-refractivity contribution is 5.93. The molecule has 8 heteroatoms. The fourth-order valence-corrected chi connectivity index (χ4v) is 1.75. The molecule has 8 nitrogen and oxygen atoms in total. The number of rotatable bonds is 4. The van der Waals surface area contributed by atoms with Gasteiger partial charge in [0.1, 0.15) is 6.04 Å². The Morgan fingerprint density at radius 2 is 2.10 bits per heavy atom. The Labute approximate surface area is 115 Å². The van der Waals surface area contributed by atoms with Crippen molar-refractivity contribution in [1.29, 1.82) is 0 Å². The van der Waals surface area contributed by atoms with Crippen LogP contribution < -0.4 is 5.32 Å². The molecule has 1 atom stereocenters. The minimum Gasteiger partial charge on any atom is -0.476 e. The van der Waals surface area contributed by atoms with Crippen molar-refractivity contribution in [2.24, 2.45) is 7.05 Å². The third-order valence-electron chi connectivity index (χ3n) is 2.88. The molecule has 2 aromatic rings. The summed E-state index contributed by atoms with van der Waals surface area (Å²) in [4.78, 5) is 22.9. The molecule has 0 radical (unpaired) electrons. The minimum absolute atomic E-state index is 0.0952. The zero-order valence-electron chi connectivity index (χ0n) is 11.4. The van der Waals surface area contributed by atoms with Crippen LogP contribution in [0.4, 0.5) is 5.69 Å². The van der Waals surface area contributed by atoms with Gasteiger partial charge in [0.25, 0.3) is 0 Å². The average molecular weight is 277 g/mol. The molecular formula is C12H15N5O3. The van der Waals surface area contributed by atoms with Crippen LogP contribution in [0.25, 0.3) is 0 Å². The topological polar surface area (TPSA) is 102 Å². The van der Waals surface area contributed by atoms with Crippen molar-refractivity contribution in [2.45, 2.75) is 19.9 Å². The van der Waals surface area contributed by atoms with E-state index in [1.807, 2.05) is 0 Å². The van der Waals surface area contributed by atoms with Gasteiger partial charge >= 0.3 is 5.97 Å². The van der Waals surface area contributed by atoms with Gasteiger partial charge in [0, 0.05) is 19.4 Å². The molecule has 2 N–H and O–H groups in total. The standard InChI is InChI=1S/C12H15N5O3/c1-7-10(6-16(3)14-7)13-11(18)8(2)17-5-4-9(15-17)12(19)20/h4-6,8H,1-3H3,(H,13,18)(H,19,20). The second-order valence-electron chi connectivity index (χ2n) is 4.45. The van der Waals surface area contributed by atoms with Crippen LogP contribution in [-0.2, 0) is 11.8 Å². The molecule has 2 aromatic heterocycles. The van der Waals surface area contributed by atoms with Gasteiger partial charge in [0.2, 0.25) is 5.91 Å². The number of nitrogens with zero attached hydrogens (tertiary/aromatic N) is 4. The van der Waals surface area contributed by atoms with Crippen molar-refractivity contribution in [1.82, 2.24) is 19.6 Å². The van der Waals surface area contributed by atoms with Crippen molar-refractivity contribution in [2.75, 3.05) is 5.32 Å². The number of amides is 1. The summed E-state index contributed by atoms with van der Waals surface area (Å²) in [6.45, 7) is 3.43. The zero-order chi connectivity index (χ0) is 14.9. The number of carbonyl (C=O) groups is 2. The highest BCUT2D eigenvalue weighted by Crippen LogP contribution is 2.14. The lowest BCUT2D eigenvalue weighted by molar-refractivity contribution is -0.119. The van der Waals surface area contributed by atoms with E-state index >= 15 is 0 Å². The fraction of sp³-hybridized carbons (Fsp3) is 0.333. The number of aromatic nitrogens is 4. The predicted molar refractivity (Wildman–Crippen MR) is 70.5 cm³/mol. The summed E-state index contributed by atoms with van der Waals surface area (Å²) < 4.78 is 2.91. The van der Waals surface area contributed by atoms with Crippen LogP contribution in [0.3, 0.4) is 0 Å². The largest absolute Gasteiger partial charge is 0.476 e. The van der Waals surface area contributed by atoms with Crippen LogP contribution in [0, 0.1) is 6.92 Å². The molecular weight excluding hydrogens is 262 g/mol. The van der Waals surface area contributed by atoms with E-state index < -0.39 is 12.0 Å². The molecule has 0 fully saturated rings. The second-order valence-corrected chi connectivity index (χ2v) is 4.45. The van der Waals surface area contributed by atoms with Crippen molar-refractivity contribution in [3.8, 4) is 0 Å². The van der Waals surface area contributed by atoms with Gasteiger partial charge in [0.05, 0.1) is 11.4 Å². The maximum atomic E-state index is 12.1. The van der Waals surface area contributed by atoms with Gasteiger partial charge in [-0.05, 0) is 19.9 Å². The van der Waals surface area contributed by atoms with Crippen molar-refractivity contribution >= 4 is 17.6 Å². The molecule has 1 unspecified atom stereocenters. The predicted octanol–water partition coefficient (Wildman–Crippen LogP) is 0.823. The number of carboxylic acids is 1. The number of carbonyl (C=O) groups excluding carboxylic acids is 1. The third-order valence-corrected chi connectivity index (χ3v) is 2.88. The lowest BCUT2D eigenvalue weighted by Gasteiger charge is -2.11. The first kappa shape index (κ1) is 13.8. The number of carboxylic acid groups (broad SMARTS) is 1. The Morgan fingerprint density at radius 3 is 2.60 bits per heavy atom. The van der Waals surface area contributed by atoms with E-state index in [0.29, 0.717) is 11.4 Å². The summed E-state index contributed by atoms with van der Waals surface area (Å²) in [5, 5.41) is 19.5. The van der Waals surface area contributed by atoms with E-state index in [1.54, 1.807) is 31.8 Å². The Bertz CT molecular complexity index is 658. The highest BCUT2D eigenvalue weighted by Gasteiger charge is 2.19.